The molecule has 0 saturated heterocycles. The van der Waals surface area contributed by atoms with Crippen molar-refractivity contribution in [3.05, 3.63) is 92.4 Å². The number of hydrogen-bond donors (Lipinski definition) is 0. The molecule has 0 aromatic heterocycles. The zero-order valence-electron chi connectivity index (χ0n) is 12.8. The Kier molecular flexibility index (Phi) is 3.66. The quantitative estimate of drug-likeness (QED) is 0.458. The van der Waals surface area contributed by atoms with Gasteiger partial charge in [0.25, 0.3) is 5.70 Å². The summed E-state index contributed by atoms with van der Waals surface area (Å²) in [5, 5.41) is 13.5. The molecule has 0 N–H and O–H groups in total. The number of halogens is 2. The lowest BCUT2D eigenvalue weighted by Gasteiger charge is -2.24. The third-order valence-electron chi connectivity index (χ3n) is 4.21. The number of hydrogen-bond acceptors (Lipinski definition) is 3. The third-order valence-corrected chi connectivity index (χ3v) is 4.54. The fourth-order valence-electron chi connectivity index (χ4n) is 3.05. The molecular formula is C19H11ClFNO3. The van der Waals surface area contributed by atoms with Crippen molar-refractivity contribution in [3.8, 4) is 5.75 Å². The molecule has 1 aliphatic rings. The van der Waals surface area contributed by atoms with Gasteiger partial charge in [0.2, 0.25) is 6.10 Å². The SMILES string of the molecule is O=[N+]([O-])C1=Cc2c(ccc3ccccc23)O[C@@H]1c1c(F)cccc1Cl. The molecule has 1 aliphatic heterocycles. The van der Waals surface area contributed by atoms with Gasteiger partial charge in [-0.3, -0.25) is 10.1 Å². The average Bonchev–Trinajstić information content (AvgIpc) is 2.60. The lowest BCUT2D eigenvalue weighted by molar-refractivity contribution is -0.434. The predicted molar refractivity (Wildman–Crippen MR) is 93.7 cm³/mol. The Labute approximate surface area is 147 Å². The molecule has 4 rings (SSSR count). The van der Waals surface area contributed by atoms with Crippen LogP contribution < -0.4 is 4.74 Å². The molecule has 1 atom stereocenters. The highest BCUT2D eigenvalue weighted by Gasteiger charge is 2.36. The van der Waals surface area contributed by atoms with Crippen LogP contribution in [-0.4, -0.2) is 4.92 Å². The number of ether oxygens (including phenoxy) is 1. The van der Waals surface area contributed by atoms with Crippen LogP contribution in [0.25, 0.3) is 16.8 Å². The number of nitrogens with zero attached hydrogens (tertiary/aromatic N) is 1. The highest BCUT2D eigenvalue weighted by Crippen LogP contribution is 2.43. The van der Waals surface area contributed by atoms with E-state index in [9.17, 15) is 14.5 Å². The van der Waals surface area contributed by atoms with Gasteiger partial charge in [0.1, 0.15) is 11.6 Å². The molecule has 124 valence electrons. The topological polar surface area (TPSA) is 52.4 Å². The fraction of sp³-hybridized carbons (Fsp3) is 0.0526. The molecular weight excluding hydrogens is 345 g/mol. The Bertz CT molecular complexity index is 1030. The van der Waals surface area contributed by atoms with Crippen molar-refractivity contribution < 1.29 is 14.1 Å². The van der Waals surface area contributed by atoms with E-state index < -0.39 is 16.8 Å². The largest absolute Gasteiger partial charge is 0.474 e. The van der Waals surface area contributed by atoms with Crippen molar-refractivity contribution in [3.63, 3.8) is 0 Å². The molecule has 0 fully saturated rings. The predicted octanol–water partition coefficient (Wildman–Crippen LogP) is 5.38. The standard InChI is InChI=1S/C19H11ClFNO3/c20-14-6-3-7-15(21)18(14)19-16(22(23)24)10-13-12-5-2-1-4-11(12)8-9-17(13)25-19/h1-10,19H/t19-/m0/s1. The maximum atomic E-state index is 14.3. The molecule has 0 amide bonds. The molecule has 3 aromatic carbocycles. The molecule has 3 aromatic rings. The molecule has 0 bridgehead atoms. The maximum Gasteiger partial charge on any atom is 0.291 e. The number of benzene rings is 3. The smallest absolute Gasteiger partial charge is 0.291 e. The highest BCUT2D eigenvalue weighted by molar-refractivity contribution is 6.31. The minimum atomic E-state index is -1.21. The zero-order valence-corrected chi connectivity index (χ0v) is 13.5. The summed E-state index contributed by atoms with van der Waals surface area (Å²) in [6, 6.07) is 15.2. The van der Waals surface area contributed by atoms with Crippen LogP contribution >= 0.6 is 11.6 Å². The van der Waals surface area contributed by atoms with Crippen LogP contribution in [0.1, 0.15) is 17.2 Å². The van der Waals surface area contributed by atoms with Crippen LogP contribution in [-0.2, 0) is 0 Å². The Morgan fingerprint density at radius 3 is 2.64 bits per heavy atom. The van der Waals surface area contributed by atoms with Crippen molar-refractivity contribution in [2.75, 3.05) is 0 Å². The average molecular weight is 356 g/mol. The summed E-state index contributed by atoms with van der Waals surface area (Å²) < 4.78 is 20.1. The first-order valence-electron chi connectivity index (χ1n) is 7.54. The second-order valence-electron chi connectivity index (χ2n) is 5.66. The lowest BCUT2D eigenvalue weighted by atomic mass is 9.96. The maximum absolute atomic E-state index is 14.3. The Morgan fingerprint density at radius 1 is 1.08 bits per heavy atom. The summed E-state index contributed by atoms with van der Waals surface area (Å²) >= 11 is 6.09. The summed E-state index contributed by atoms with van der Waals surface area (Å²) in [7, 11) is 0. The van der Waals surface area contributed by atoms with E-state index in [1.165, 1.54) is 24.3 Å². The number of fused-ring (bicyclic) bond motifs is 3. The minimum Gasteiger partial charge on any atom is -0.474 e. The van der Waals surface area contributed by atoms with E-state index in [4.69, 9.17) is 16.3 Å². The second-order valence-corrected chi connectivity index (χ2v) is 6.07. The molecule has 6 heteroatoms. The van der Waals surface area contributed by atoms with Crippen LogP contribution in [0.2, 0.25) is 5.02 Å². The normalized spacial score (nSPS) is 16.1. The third kappa shape index (κ3) is 2.53. The summed E-state index contributed by atoms with van der Waals surface area (Å²) in [6.45, 7) is 0. The van der Waals surface area contributed by atoms with E-state index in [2.05, 4.69) is 0 Å². The van der Waals surface area contributed by atoms with Gasteiger partial charge < -0.3 is 4.74 Å². The fourth-order valence-corrected chi connectivity index (χ4v) is 3.32. The lowest BCUT2D eigenvalue weighted by Crippen LogP contribution is -2.21. The molecule has 0 aliphatic carbocycles. The Morgan fingerprint density at radius 2 is 1.88 bits per heavy atom. The summed E-state index contributed by atoms with van der Waals surface area (Å²) in [5.41, 5.74) is 0.315. The van der Waals surface area contributed by atoms with Crippen LogP contribution in [0.15, 0.2) is 60.3 Å². The van der Waals surface area contributed by atoms with Crippen LogP contribution in [0.3, 0.4) is 0 Å². The van der Waals surface area contributed by atoms with E-state index in [1.54, 1.807) is 6.07 Å². The first kappa shape index (κ1) is 15.6. The number of nitro groups is 1. The van der Waals surface area contributed by atoms with Crippen molar-refractivity contribution in [1.82, 2.24) is 0 Å². The monoisotopic (exact) mass is 355 g/mol. The Hall–Kier alpha value is -2.92. The molecule has 4 nitrogen and oxygen atoms in total. The van der Waals surface area contributed by atoms with E-state index in [0.29, 0.717) is 11.3 Å². The first-order valence-corrected chi connectivity index (χ1v) is 7.92. The van der Waals surface area contributed by atoms with Gasteiger partial charge in [0, 0.05) is 11.6 Å². The van der Waals surface area contributed by atoms with Gasteiger partial charge in [-0.25, -0.2) is 4.39 Å². The molecule has 25 heavy (non-hydrogen) atoms. The van der Waals surface area contributed by atoms with Gasteiger partial charge in [0.05, 0.1) is 15.5 Å². The van der Waals surface area contributed by atoms with E-state index in [-0.39, 0.29) is 16.3 Å². The Balaban J connectivity index is 1.96. The van der Waals surface area contributed by atoms with Crippen LogP contribution in [0, 0.1) is 15.9 Å². The van der Waals surface area contributed by atoms with Crippen molar-refractivity contribution in [2.24, 2.45) is 0 Å². The molecule has 1 heterocycles. The van der Waals surface area contributed by atoms with Crippen molar-refractivity contribution in [2.45, 2.75) is 6.10 Å². The van der Waals surface area contributed by atoms with E-state index in [0.717, 1.165) is 10.8 Å². The van der Waals surface area contributed by atoms with Crippen LogP contribution in [0.5, 0.6) is 5.75 Å². The summed E-state index contributed by atoms with van der Waals surface area (Å²) in [4.78, 5) is 11.0. The van der Waals surface area contributed by atoms with Crippen molar-refractivity contribution >= 4 is 28.4 Å². The van der Waals surface area contributed by atoms with Crippen LogP contribution in [0.4, 0.5) is 4.39 Å². The van der Waals surface area contributed by atoms with Gasteiger partial charge in [-0.2, -0.15) is 0 Å². The molecule has 0 spiro atoms. The van der Waals surface area contributed by atoms with Gasteiger partial charge >= 0.3 is 0 Å². The second kappa shape index (κ2) is 5.86. The summed E-state index contributed by atoms with van der Waals surface area (Å²) in [6.07, 6.45) is 0.228. The van der Waals surface area contributed by atoms with Gasteiger partial charge in [-0.15, -0.1) is 0 Å². The molecule has 0 unspecified atom stereocenters. The summed E-state index contributed by atoms with van der Waals surface area (Å²) in [5.74, 6) is -0.192. The highest BCUT2D eigenvalue weighted by atomic mass is 35.5. The van der Waals surface area contributed by atoms with Gasteiger partial charge in [0.15, 0.2) is 0 Å². The van der Waals surface area contributed by atoms with E-state index >= 15 is 0 Å². The van der Waals surface area contributed by atoms with E-state index in [1.807, 2.05) is 30.3 Å². The van der Waals surface area contributed by atoms with Crippen molar-refractivity contribution in [1.29, 1.82) is 0 Å². The van der Waals surface area contributed by atoms with Gasteiger partial charge in [-0.05, 0) is 29.0 Å². The molecule has 0 radical (unpaired) electrons. The molecule has 0 saturated carbocycles. The zero-order chi connectivity index (χ0) is 17.6. The first-order chi connectivity index (χ1) is 12.1. The number of rotatable bonds is 2. The van der Waals surface area contributed by atoms with Gasteiger partial charge in [-0.1, -0.05) is 48.0 Å². The minimum absolute atomic E-state index is 0.0362.